The van der Waals surface area contributed by atoms with E-state index in [1.807, 2.05) is 11.9 Å². The van der Waals surface area contributed by atoms with Gasteiger partial charge in [-0.1, -0.05) is 0 Å². The molecule has 2 N–H and O–H groups in total. The van der Waals surface area contributed by atoms with Crippen molar-refractivity contribution in [2.75, 3.05) is 40.3 Å². The number of rotatable bonds is 5. The van der Waals surface area contributed by atoms with Crippen molar-refractivity contribution >= 4 is 11.8 Å². The zero-order chi connectivity index (χ0) is 16.1. The van der Waals surface area contributed by atoms with Gasteiger partial charge in [0.05, 0.1) is 13.0 Å². The summed E-state index contributed by atoms with van der Waals surface area (Å²) in [5.41, 5.74) is 5.40. The zero-order valence-electron chi connectivity index (χ0n) is 12.9. The molecule has 0 radical (unpaired) electrons. The number of hydrogen-bond acceptors (Lipinski definition) is 6. The van der Waals surface area contributed by atoms with Crippen LogP contribution >= 0.6 is 0 Å². The van der Waals surface area contributed by atoms with Gasteiger partial charge >= 0.3 is 0 Å². The van der Waals surface area contributed by atoms with Crippen LogP contribution in [-0.4, -0.2) is 67.1 Å². The molecular formula is C14H22N4O4. The molecule has 0 bridgehead atoms. The van der Waals surface area contributed by atoms with Gasteiger partial charge in [0.2, 0.25) is 11.8 Å². The maximum atomic E-state index is 12.3. The first-order valence-corrected chi connectivity index (χ1v) is 7.24. The fourth-order valence-corrected chi connectivity index (χ4v) is 2.48. The van der Waals surface area contributed by atoms with Crippen LogP contribution in [0.3, 0.4) is 0 Å². The third-order valence-corrected chi connectivity index (χ3v) is 3.81. The van der Waals surface area contributed by atoms with E-state index in [-0.39, 0.29) is 17.7 Å². The van der Waals surface area contributed by atoms with E-state index in [1.165, 1.54) is 7.11 Å². The highest BCUT2D eigenvalue weighted by molar-refractivity contribution is 5.80. The second-order valence-electron chi connectivity index (χ2n) is 5.54. The summed E-state index contributed by atoms with van der Waals surface area (Å²) in [7, 11) is 3.43. The van der Waals surface area contributed by atoms with Gasteiger partial charge in [0.15, 0.2) is 0 Å². The van der Waals surface area contributed by atoms with Crippen molar-refractivity contribution in [1.29, 1.82) is 0 Å². The summed E-state index contributed by atoms with van der Waals surface area (Å²) >= 11 is 0. The number of carbonyl (C=O) groups excluding carboxylic acids is 2. The van der Waals surface area contributed by atoms with Gasteiger partial charge in [-0.15, -0.1) is 0 Å². The Labute approximate surface area is 129 Å². The fraction of sp³-hybridized carbons (Fsp3) is 0.643. The molecule has 22 heavy (non-hydrogen) atoms. The van der Waals surface area contributed by atoms with Crippen LogP contribution in [0.5, 0.6) is 5.88 Å². The second kappa shape index (κ2) is 7.26. The molecule has 1 aliphatic heterocycles. The van der Waals surface area contributed by atoms with E-state index in [1.54, 1.807) is 11.0 Å². The molecule has 1 fully saturated rings. The van der Waals surface area contributed by atoms with Gasteiger partial charge in [0.1, 0.15) is 5.76 Å². The number of carbonyl (C=O) groups is 2. The summed E-state index contributed by atoms with van der Waals surface area (Å²) in [5.74, 6) is 0.279. The Kier molecular flexibility index (Phi) is 5.37. The van der Waals surface area contributed by atoms with E-state index in [2.05, 4.69) is 5.16 Å². The summed E-state index contributed by atoms with van der Waals surface area (Å²) in [6.07, 6.45) is 0.746. The molecule has 0 spiro atoms. The maximum Gasteiger partial charge on any atom is 0.254 e. The Balaban J connectivity index is 1.91. The number of nitrogens with zero attached hydrogens (tertiary/aromatic N) is 3. The molecule has 1 aliphatic rings. The average molecular weight is 310 g/mol. The molecule has 2 amide bonds. The van der Waals surface area contributed by atoms with Crippen LogP contribution in [0.4, 0.5) is 0 Å². The minimum atomic E-state index is -0.369. The van der Waals surface area contributed by atoms with E-state index in [0.717, 1.165) is 6.54 Å². The molecule has 0 unspecified atom stereocenters. The van der Waals surface area contributed by atoms with Crippen LogP contribution in [-0.2, 0) is 16.0 Å². The number of nitrogens with two attached hydrogens (primary N) is 1. The lowest BCUT2D eigenvalue weighted by Gasteiger charge is -2.22. The zero-order valence-corrected chi connectivity index (χ0v) is 12.9. The topological polar surface area (TPSA) is 102 Å². The summed E-state index contributed by atoms with van der Waals surface area (Å²) in [6.45, 7) is 2.28. The van der Waals surface area contributed by atoms with Crippen LogP contribution in [0.1, 0.15) is 12.2 Å². The number of amides is 2. The van der Waals surface area contributed by atoms with Crippen molar-refractivity contribution in [2.45, 2.75) is 12.8 Å². The first kappa shape index (κ1) is 16.3. The highest BCUT2D eigenvalue weighted by Gasteiger charge is 2.27. The molecule has 122 valence electrons. The number of aromatic nitrogens is 1. The summed E-state index contributed by atoms with van der Waals surface area (Å²) < 4.78 is 10.00. The lowest BCUT2D eigenvalue weighted by Crippen LogP contribution is -2.40. The van der Waals surface area contributed by atoms with Gasteiger partial charge in [0, 0.05) is 45.1 Å². The van der Waals surface area contributed by atoms with Crippen LogP contribution in [0.15, 0.2) is 10.6 Å². The average Bonchev–Trinajstić information content (AvgIpc) is 2.86. The Hall–Kier alpha value is -2.09. The molecule has 2 heterocycles. The summed E-state index contributed by atoms with van der Waals surface area (Å²) in [6, 6.07) is 1.66. The van der Waals surface area contributed by atoms with Gasteiger partial charge in [-0.25, -0.2) is 0 Å². The van der Waals surface area contributed by atoms with Crippen LogP contribution in [0, 0.1) is 5.92 Å². The fourth-order valence-electron chi connectivity index (χ4n) is 2.48. The van der Waals surface area contributed by atoms with Crippen LogP contribution in [0.25, 0.3) is 0 Å². The molecular weight excluding hydrogens is 288 g/mol. The SMILES string of the molecule is COc1cc(CCC(=O)N2CCN(C)C[C@H](C(N)=O)C2)on1. The van der Waals surface area contributed by atoms with Crippen LogP contribution < -0.4 is 10.5 Å². The van der Waals surface area contributed by atoms with Gasteiger partial charge in [-0.3, -0.25) is 9.59 Å². The Morgan fingerprint density at radius 3 is 2.86 bits per heavy atom. The molecule has 0 aromatic carbocycles. The number of primary amides is 1. The summed E-state index contributed by atoms with van der Waals surface area (Å²) in [5, 5.41) is 3.70. The molecule has 1 atom stereocenters. The number of methoxy groups -OCH3 is 1. The quantitative estimate of drug-likeness (QED) is 0.786. The minimum Gasteiger partial charge on any atom is -0.479 e. The lowest BCUT2D eigenvalue weighted by molar-refractivity contribution is -0.132. The van der Waals surface area contributed by atoms with Gasteiger partial charge < -0.3 is 24.8 Å². The highest BCUT2D eigenvalue weighted by Crippen LogP contribution is 2.14. The van der Waals surface area contributed by atoms with Crippen LogP contribution in [0.2, 0.25) is 0 Å². The van der Waals surface area contributed by atoms with Crippen molar-refractivity contribution in [1.82, 2.24) is 15.0 Å². The van der Waals surface area contributed by atoms with Crippen molar-refractivity contribution in [3.63, 3.8) is 0 Å². The van der Waals surface area contributed by atoms with E-state index in [4.69, 9.17) is 15.0 Å². The monoisotopic (exact) mass is 310 g/mol. The number of likely N-dealkylation sites (N-methyl/N-ethyl adjacent to an activating group) is 1. The smallest absolute Gasteiger partial charge is 0.254 e. The predicted molar refractivity (Wildman–Crippen MR) is 78.1 cm³/mol. The number of aryl methyl sites for hydroxylation is 1. The molecule has 0 saturated carbocycles. The van der Waals surface area contributed by atoms with Crippen molar-refractivity contribution in [2.24, 2.45) is 11.7 Å². The van der Waals surface area contributed by atoms with Crippen molar-refractivity contribution in [3.8, 4) is 5.88 Å². The molecule has 1 aromatic rings. The van der Waals surface area contributed by atoms with E-state index < -0.39 is 0 Å². The lowest BCUT2D eigenvalue weighted by atomic mass is 10.1. The normalized spacial score (nSPS) is 19.7. The van der Waals surface area contributed by atoms with Crippen molar-refractivity contribution in [3.05, 3.63) is 11.8 Å². The predicted octanol–water partition coefficient (Wildman–Crippen LogP) is -0.509. The molecule has 8 nitrogen and oxygen atoms in total. The Bertz CT molecular complexity index is 531. The molecule has 1 aromatic heterocycles. The standard InChI is InChI=1S/C14H22N4O4/c1-17-5-6-18(9-10(8-17)14(15)20)13(19)4-3-11-7-12(21-2)16-22-11/h7,10H,3-6,8-9H2,1-2H3,(H2,15,20)/t10-/m0/s1. The molecule has 1 saturated heterocycles. The first-order valence-electron chi connectivity index (χ1n) is 7.24. The van der Waals surface area contributed by atoms with E-state index in [9.17, 15) is 9.59 Å². The number of hydrogen-bond donors (Lipinski definition) is 1. The highest BCUT2D eigenvalue weighted by atomic mass is 16.5. The third-order valence-electron chi connectivity index (χ3n) is 3.81. The summed E-state index contributed by atoms with van der Waals surface area (Å²) in [4.78, 5) is 27.5. The third kappa shape index (κ3) is 4.20. The van der Waals surface area contributed by atoms with Gasteiger partial charge in [-0.2, -0.15) is 0 Å². The minimum absolute atomic E-state index is 0.0167. The maximum absolute atomic E-state index is 12.3. The van der Waals surface area contributed by atoms with Gasteiger partial charge in [-0.05, 0) is 12.2 Å². The molecule has 0 aliphatic carbocycles. The molecule has 2 rings (SSSR count). The Morgan fingerprint density at radius 2 is 2.23 bits per heavy atom. The number of ether oxygens (including phenoxy) is 1. The van der Waals surface area contributed by atoms with E-state index >= 15 is 0 Å². The molecule has 8 heteroatoms. The van der Waals surface area contributed by atoms with Gasteiger partial charge in [0.25, 0.3) is 5.88 Å². The second-order valence-corrected chi connectivity index (χ2v) is 5.54. The largest absolute Gasteiger partial charge is 0.479 e. The first-order chi connectivity index (χ1) is 10.5. The van der Waals surface area contributed by atoms with Crippen molar-refractivity contribution < 1.29 is 18.8 Å². The Morgan fingerprint density at radius 1 is 1.45 bits per heavy atom. The van der Waals surface area contributed by atoms with E-state index in [0.29, 0.717) is 44.1 Å².